The first kappa shape index (κ1) is 14.9. The van der Waals surface area contributed by atoms with E-state index in [1.807, 2.05) is 32.0 Å². The van der Waals surface area contributed by atoms with Crippen LogP contribution < -0.4 is 5.32 Å². The van der Waals surface area contributed by atoms with Crippen molar-refractivity contribution in [3.05, 3.63) is 29.8 Å². The van der Waals surface area contributed by atoms with Crippen LogP contribution >= 0.6 is 11.8 Å². The van der Waals surface area contributed by atoms with E-state index in [0.29, 0.717) is 0 Å². The maximum absolute atomic E-state index is 12.4. The average Bonchev–Trinajstić information content (AvgIpc) is 2.80. The molecule has 0 unspecified atom stereocenters. The van der Waals surface area contributed by atoms with Crippen LogP contribution in [-0.2, 0) is 16.0 Å². The molecular formula is C15H20N2O2S. The van der Waals surface area contributed by atoms with Gasteiger partial charge in [-0.2, -0.15) is 0 Å². The first-order chi connectivity index (χ1) is 9.47. The van der Waals surface area contributed by atoms with Crippen molar-refractivity contribution in [2.24, 2.45) is 0 Å². The molecule has 2 amide bonds. The molecule has 0 spiro atoms. The van der Waals surface area contributed by atoms with Gasteiger partial charge in [0, 0.05) is 18.0 Å². The number of carbonyl (C=O) groups excluding carboxylic acids is 2. The van der Waals surface area contributed by atoms with Crippen LogP contribution in [0.15, 0.2) is 29.2 Å². The summed E-state index contributed by atoms with van der Waals surface area (Å²) in [6.07, 6.45) is 0.746. The number of hydrogen-bond acceptors (Lipinski definition) is 3. The molecule has 0 saturated carbocycles. The van der Waals surface area contributed by atoms with Gasteiger partial charge in [0.15, 0.2) is 0 Å². The fourth-order valence-electron chi connectivity index (χ4n) is 2.23. The highest BCUT2D eigenvalue weighted by molar-refractivity contribution is 8.01. The average molecular weight is 292 g/mol. The third-order valence-corrected chi connectivity index (χ3v) is 4.43. The molecule has 2 rings (SSSR count). The standard InChI is InChI=1S/C15H20N2O2S/c1-10(2)16-14(18)9-17(3)15(19)13-8-11-6-4-5-7-12(11)20-13/h4-7,10,13H,8-9H2,1-3H3,(H,16,18)/t13-/m0/s1. The highest BCUT2D eigenvalue weighted by Crippen LogP contribution is 2.37. The molecule has 4 nitrogen and oxygen atoms in total. The highest BCUT2D eigenvalue weighted by Gasteiger charge is 2.30. The van der Waals surface area contributed by atoms with Crippen molar-refractivity contribution in [1.82, 2.24) is 10.2 Å². The molecule has 5 heteroatoms. The van der Waals surface area contributed by atoms with Gasteiger partial charge in [-0.05, 0) is 31.9 Å². The Morgan fingerprint density at radius 1 is 1.40 bits per heavy atom. The smallest absolute Gasteiger partial charge is 0.239 e. The van der Waals surface area contributed by atoms with Crippen molar-refractivity contribution in [3.8, 4) is 0 Å². The van der Waals surface area contributed by atoms with Crippen LogP contribution in [0.4, 0.5) is 0 Å². The lowest BCUT2D eigenvalue weighted by Crippen LogP contribution is -2.43. The number of rotatable bonds is 4. The van der Waals surface area contributed by atoms with Crippen LogP contribution in [0.5, 0.6) is 0 Å². The molecule has 0 fully saturated rings. The number of nitrogens with one attached hydrogen (secondary N) is 1. The highest BCUT2D eigenvalue weighted by atomic mass is 32.2. The van der Waals surface area contributed by atoms with Crippen molar-refractivity contribution >= 4 is 23.6 Å². The van der Waals surface area contributed by atoms with Crippen LogP contribution in [0.1, 0.15) is 19.4 Å². The number of amides is 2. The van der Waals surface area contributed by atoms with Gasteiger partial charge < -0.3 is 10.2 Å². The lowest BCUT2D eigenvalue weighted by Gasteiger charge is -2.20. The van der Waals surface area contributed by atoms with Crippen molar-refractivity contribution in [2.75, 3.05) is 13.6 Å². The van der Waals surface area contributed by atoms with Crippen molar-refractivity contribution in [2.45, 2.75) is 36.5 Å². The van der Waals surface area contributed by atoms with Gasteiger partial charge in [0.25, 0.3) is 0 Å². The van der Waals surface area contributed by atoms with Gasteiger partial charge in [0.1, 0.15) is 0 Å². The molecule has 1 aliphatic heterocycles. The summed E-state index contributed by atoms with van der Waals surface area (Å²) in [5, 5.41) is 2.69. The largest absolute Gasteiger partial charge is 0.352 e. The van der Waals surface area contributed by atoms with E-state index in [2.05, 4.69) is 11.4 Å². The number of benzene rings is 1. The van der Waals surface area contributed by atoms with E-state index < -0.39 is 0 Å². The molecule has 0 aromatic heterocycles. The number of likely N-dealkylation sites (N-methyl/N-ethyl adjacent to an activating group) is 1. The molecule has 0 saturated heterocycles. The zero-order valence-corrected chi connectivity index (χ0v) is 12.9. The predicted molar refractivity (Wildman–Crippen MR) is 80.7 cm³/mol. The second kappa shape index (κ2) is 6.31. The topological polar surface area (TPSA) is 49.4 Å². The molecule has 0 radical (unpaired) electrons. The molecule has 0 bridgehead atoms. The minimum Gasteiger partial charge on any atom is -0.352 e. The third kappa shape index (κ3) is 3.54. The van der Waals surface area contributed by atoms with Gasteiger partial charge in [0.2, 0.25) is 11.8 Å². The molecule has 1 aromatic carbocycles. The molecule has 1 heterocycles. The molecule has 1 aliphatic rings. The zero-order chi connectivity index (χ0) is 14.7. The van der Waals surface area contributed by atoms with Gasteiger partial charge in [-0.25, -0.2) is 0 Å². The van der Waals surface area contributed by atoms with Crippen LogP contribution in [0.2, 0.25) is 0 Å². The third-order valence-electron chi connectivity index (χ3n) is 3.13. The zero-order valence-electron chi connectivity index (χ0n) is 12.1. The Hall–Kier alpha value is -1.49. The monoisotopic (exact) mass is 292 g/mol. The summed E-state index contributed by atoms with van der Waals surface area (Å²) in [5.74, 6) is -0.0959. The molecule has 20 heavy (non-hydrogen) atoms. The first-order valence-electron chi connectivity index (χ1n) is 6.76. The van der Waals surface area contributed by atoms with Gasteiger partial charge >= 0.3 is 0 Å². The summed E-state index contributed by atoms with van der Waals surface area (Å²) >= 11 is 1.59. The fraction of sp³-hybridized carbons (Fsp3) is 0.467. The van der Waals surface area contributed by atoms with Crippen molar-refractivity contribution in [1.29, 1.82) is 0 Å². The second-order valence-corrected chi connectivity index (χ2v) is 6.58. The summed E-state index contributed by atoms with van der Waals surface area (Å²) < 4.78 is 0. The van der Waals surface area contributed by atoms with Gasteiger partial charge in [-0.3, -0.25) is 9.59 Å². The number of fused-ring (bicyclic) bond motifs is 1. The molecule has 0 aliphatic carbocycles. The number of hydrogen-bond donors (Lipinski definition) is 1. The quantitative estimate of drug-likeness (QED) is 0.918. The van der Waals surface area contributed by atoms with Crippen LogP contribution in [0.3, 0.4) is 0 Å². The SMILES string of the molecule is CC(C)NC(=O)CN(C)C(=O)[C@@H]1Cc2ccccc2S1. The summed E-state index contributed by atoms with van der Waals surface area (Å²) in [7, 11) is 1.69. The number of thioether (sulfide) groups is 1. The molecular weight excluding hydrogens is 272 g/mol. The lowest BCUT2D eigenvalue weighted by molar-refractivity contribution is -0.134. The summed E-state index contributed by atoms with van der Waals surface area (Å²) in [6, 6.07) is 8.17. The lowest BCUT2D eigenvalue weighted by atomic mass is 10.1. The number of carbonyl (C=O) groups is 2. The van der Waals surface area contributed by atoms with Crippen molar-refractivity contribution < 1.29 is 9.59 Å². The Labute approximate surface area is 123 Å². The molecule has 108 valence electrons. The van der Waals surface area contributed by atoms with Crippen LogP contribution in [0, 0.1) is 0 Å². The van der Waals surface area contributed by atoms with E-state index in [-0.39, 0.29) is 29.7 Å². The van der Waals surface area contributed by atoms with Crippen molar-refractivity contribution in [3.63, 3.8) is 0 Å². The maximum atomic E-state index is 12.4. The van der Waals surface area contributed by atoms with Crippen LogP contribution in [0.25, 0.3) is 0 Å². The normalized spacial score (nSPS) is 16.9. The van der Waals surface area contributed by atoms with E-state index in [4.69, 9.17) is 0 Å². The minimum atomic E-state index is -0.114. The number of nitrogens with zero attached hydrogens (tertiary/aromatic N) is 1. The first-order valence-corrected chi connectivity index (χ1v) is 7.64. The summed E-state index contributed by atoms with van der Waals surface area (Å²) in [6.45, 7) is 3.93. The Kier molecular flexibility index (Phi) is 4.70. The van der Waals surface area contributed by atoms with E-state index in [0.717, 1.165) is 6.42 Å². The molecule has 1 atom stereocenters. The second-order valence-electron chi connectivity index (χ2n) is 5.33. The van der Waals surface area contributed by atoms with Gasteiger partial charge in [-0.15, -0.1) is 11.8 Å². The Morgan fingerprint density at radius 2 is 2.10 bits per heavy atom. The Morgan fingerprint density at radius 3 is 2.75 bits per heavy atom. The minimum absolute atomic E-state index is 0.0186. The molecule has 1 N–H and O–H groups in total. The van der Waals surface area contributed by atoms with E-state index >= 15 is 0 Å². The Bertz CT molecular complexity index is 491. The summed E-state index contributed by atoms with van der Waals surface area (Å²) in [5.41, 5.74) is 1.22. The Balaban J connectivity index is 1.91. The van der Waals surface area contributed by atoms with Gasteiger partial charge in [0.05, 0.1) is 11.8 Å². The van der Waals surface area contributed by atoms with Crippen LogP contribution in [-0.4, -0.2) is 41.6 Å². The fourth-order valence-corrected chi connectivity index (χ4v) is 3.54. The van der Waals surface area contributed by atoms with E-state index in [1.165, 1.54) is 15.4 Å². The van der Waals surface area contributed by atoms with E-state index in [1.54, 1.807) is 18.8 Å². The summed E-state index contributed by atoms with van der Waals surface area (Å²) in [4.78, 5) is 26.7. The van der Waals surface area contributed by atoms with E-state index in [9.17, 15) is 9.59 Å². The predicted octanol–water partition coefficient (Wildman–Crippen LogP) is 1.69. The maximum Gasteiger partial charge on any atom is 0.239 e. The van der Waals surface area contributed by atoms with Gasteiger partial charge in [-0.1, -0.05) is 18.2 Å². The molecule has 1 aromatic rings.